The number of halogens is 1. The molecule has 0 aliphatic heterocycles. The number of thioether (sulfide) groups is 1. The van der Waals surface area contributed by atoms with Gasteiger partial charge in [-0.25, -0.2) is 0 Å². The molecule has 5 heteroatoms. The van der Waals surface area contributed by atoms with Crippen molar-refractivity contribution in [2.45, 2.75) is 11.3 Å². The molecule has 0 unspecified atom stereocenters. The average Bonchev–Trinajstić information content (AvgIpc) is 2.57. The lowest BCUT2D eigenvalue weighted by Gasteiger charge is -2.14. The third-order valence-corrected chi connectivity index (χ3v) is 5.23. The second-order valence-corrected chi connectivity index (χ2v) is 6.75. The molecule has 3 aromatic rings. The van der Waals surface area contributed by atoms with Crippen molar-refractivity contribution < 1.29 is 0 Å². The van der Waals surface area contributed by atoms with Crippen molar-refractivity contribution in [3.8, 4) is 5.69 Å². The molecule has 0 amide bonds. The number of nitrogens with zero attached hydrogens (tertiary/aromatic N) is 2. The van der Waals surface area contributed by atoms with Gasteiger partial charge in [0.15, 0.2) is 0 Å². The van der Waals surface area contributed by atoms with Gasteiger partial charge in [-0.15, -0.1) is 11.8 Å². The van der Waals surface area contributed by atoms with Gasteiger partial charge in [0, 0.05) is 21.6 Å². The fourth-order valence-corrected chi connectivity index (χ4v) is 3.79. The standard InChI is InChI=1S/C18H15BrN2OS/c1-23-17-12-16(21-18(22)8-5-9-20-21)14(11-15(17)19)10-13-6-3-2-4-7-13/h2-9,11-12H,10H2,1H3. The molecule has 0 fully saturated rings. The Balaban J connectivity index is 2.16. The Morgan fingerprint density at radius 1 is 1.13 bits per heavy atom. The van der Waals surface area contributed by atoms with Crippen LogP contribution in [0.15, 0.2) is 75.0 Å². The van der Waals surface area contributed by atoms with Gasteiger partial charge in [0.2, 0.25) is 0 Å². The third kappa shape index (κ3) is 3.57. The molecule has 0 atom stereocenters. The van der Waals surface area contributed by atoms with Crippen LogP contribution in [0.4, 0.5) is 0 Å². The van der Waals surface area contributed by atoms with Crippen molar-refractivity contribution in [1.29, 1.82) is 0 Å². The first-order chi connectivity index (χ1) is 11.2. The Labute approximate surface area is 147 Å². The van der Waals surface area contributed by atoms with Gasteiger partial charge in [0.1, 0.15) is 0 Å². The number of aromatic nitrogens is 2. The number of rotatable bonds is 4. The predicted octanol–water partition coefficient (Wildman–Crippen LogP) is 4.31. The molecule has 0 aliphatic rings. The molecular formula is C18H15BrN2OS. The summed E-state index contributed by atoms with van der Waals surface area (Å²) in [7, 11) is 0. The zero-order valence-corrected chi connectivity index (χ0v) is 15.0. The molecule has 0 radical (unpaired) electrons. The molecule has 116 valence electrons. The van der Waals surface area contributed by atoms with Crippen LogP contribution in [-0.4, -0.2) is 16.0 Å². The first kappa shape index (κ1) is 16.0. The van der Waals surface area contributed by atoms with Crippen LogP contribution in [-0.2, 0) is 6.42 Å². The normalized spacial score (nSPS) is 10.7. The lowest BCUT2D eigenvalue weighted by molar-refractivity contribution is 0.794. The van der Waals surface area contributed by atoms with E-state index in [1.165, 1.54) is 16.3 Å². The van der Waals surface area contributed by atoms with Crippen molar-refractivity contribution in [1.82, 2.24) is 9.78 Å². The predicted molar refractivity (Wildman–Crippen MR) is 98.6 cm³/mol. The van der Waals surface area contributed by atoms with Crippen LogP contribution >= 0.6 is 27.7 Å². The zero-order valence-electron chi connectivity index (χ0n) is 12.6. The molecule has 0 saturated heterocycles. The summed E-state index contributed by atoms with van der Waals surface area (Å²) in [4.78, 5) is 13.3. The minimum Gasteiger partial charge on any atom is -0.267 e. The van der Waals surface area contributed by atoms with Gasteiger partial charge < -0.3 is 0 Å². The van der Waals surface area contributed by atoms with Gasteiger partial charge in [0.25, 0.3) is 5.56 Å². The van der Waals surface area contributed by atoms with E-state index in [9.17, 15) is 4.79 Å². The molecule has 2 aromatic carbocycles. The Morgan fingerprint density at radius 2 is 1.91 bits per heavy atom. The van der Waals surface area contributed by atoms with Crippen LogP contribution in [0.2, 0.25) is 0 Å². The van der Waals surface area contributed by atoms with Gasteiger partial charge in [-0.1, -0.05) is 30.3 Å². The SMILES string of the molecule is CSc1cc(-n2ncccc2=O)c(Cc2ccccc2)cc1Br. The molecule has 0 bridgehead atoms. The summed E-state index contributed by atoms with van der Waals surface area (Å²) in [6.07, 6.45) is 4.39. The maximum absolute atomic E-state index is 12.2. The Bertz CT molecular complexity index is 878. The Kier molecular flexibility index (Phi) is 4.98. The summed E-state index contributed by atoms with van der Waals surface area (Å²) in [6, 6.07) is 17.5. The minimum atomic E-state index is -0.129. The molecule has 3 nitrogen and oxygen atoms in total. The first-order valence-electron chi connectivity index (χ1n) is 7.14. The lowest BCUT2D eigenvalue weighted by atomic mass is 10.0. The van der Waals surface area contributed by atoms with Crippen molar-refractivity contribution in [3.63, 3.8) is 0 Å². The van der Waals surface area contributed by atoms with Crippen LogP contribution in [0.1, 0.15) is 11.1 Å². The summed E-state index contributed by atoms with van der Waals surface area (Å²) in [5.74, 6) is 0. The topological polar surface area (TPSA) is 34.9 Å². The van der Waals surface area contributed by atoms with Gasteiger partial charge >= 0.3 is 0 Å². The van der Waals surface area contributed by atoms with E-state index in [1.54, 1.807) is 24.0 Å². The van der Waals surface area contributed by atoms with Crippen molar-refractivity contribution in [2.24, 2.45) is 0 Å². The van der Waals surface area contributed by atoms with Crippen LogP contribution in [0.5, 0.6) is 0 Å². The fraction of sp³-hybridized carbons (Fsp3) is 0.111. The highest BCUT2D eigenvalue weighted by molar-refractivity contribution is 9.10. The molecule has 0 saturated carbocycles. The van der Waals surface area contributed by atoms with Crippen LogP contribution in [0, 0.1) is 0 Å². The number of hydrogen-bond donors (Lipinski definition) is 0. The van der Waals surface area contributed by atoms with E-state index in [1.807, 2.05) is 30.5 Å². The van der Waals surface area contributed by atoms with Crippen LogP contribution in [0.25, 0.3) is 5.69 Å². The van der Waals surface area contributed by atoms with E-state index >= 15 is 0 Å². The van der Waals surface area contributed by atoms with Crippen molar-refractivity contribution in [3.05, 3.63) is 86.7 Å². The molecule has 23 heavy (non-hydrogen) atoms. The Hall–Kier alpha value is -1.85. The average molecular weight is 387 g/mol. The highest BCUT2D eigenvalue weighted by Gasteiger charge is 2.12. The van der Waals surface area contributed by atoms with Crippen LogP contribution < -0.4 is 5.56 Å². The molecular weight excluding hydrogens is 372 g/mol. The molecule has 0 aliphatic carbocycles. The zero-order chi connectivity index (χ0) is 16.2. The van der Waals surface area contributed by atoms with E-state index < -0.39 is 0 Å². The van der Waals surface area contributed by atoms with Crippen molar-refractivity contribution in [2.75, 3.05) is 6.26 Å². The van der Waals surface area contributed by atoms with Gasteiger partial charge in [-0.05, 0) is 57.9 Å². The maximum Gasteiger partial charge on any atom is 0.271 e. The summed E-state index contributed by atoms with van der Waals surface area (Å²) >= 11 is 5.25. The fourth-order valence-electron chi connectivity index (χ4n) is 2.43. The molecule has 1 heterocycles. The van der Waals surface area contributed by atoms with E-state index in [2.05, 4.69) is 39.2 Å². The summed E-state index contributed by atoms with van der Waals surface area (Å²) in [5.41, 5.74) is 2.95. The lowest BCUT2D eigenvalue weighted by Crippen LogP contribution is -2.20. The third-order valence-electron chi connectivity index (χ3n) is 3.53. The van der Waals surface area contributed by atoms with E-state index in [4.69, 9.17) is 0 Å². The van der Waals surface area contributed by atoms with Gasteiger partial charge in [0.05, 0.1) is 5.69 Å². The summed E-state index contributed by atoms with van der Waals surface area (Å²) in [5, 5.41) is 4.24. The van der Waals surface area contributed by atoms with Gasteiger partial charge in [-0.2, -0.15) is 9.78 Å². The highest BCUT2D eigenvalue weighted by atomic mass is 79.9. The minimum absolute atomic E-state index is 0.129. The smallest absolute Gasteiger partial charge is 0.267 e. The molecule has 1 aromatic heterocycles. The number of benzene rings is 2. The number of hydrogen-bond acceptors (Lipinski definition) is 3. The van der Waals surface area contributed by atoms with E-state index in [-0.39, 0.29) is 5.56 Å². The molecule has 3 rings (SSSR count). The second kappa shape index (κ2) is 7.15. The summed E-state index contributed by atoms with van der Waals surface area (Å²) in [6.45, 7) is 0. The van der Waals surface area contributed by atoms with Gasteiger partial charge in [-0.3, -0.25) is 4.79 Å². The van der Waals surface area contributed by atoms with E-state index in [0.29, 0.717) is 0 Å². The second-order valence-electron chi connectivity index (χ2n) is 5.05. The highest BCUT2D eigenvalue weighted by Crippen LogP contribution is 2.31. The quantitative estimate of drug-likeness (QED) is 0.626. The molecule has 0 N–H and O–H groups in total. The molecule has 0 spiro atoms. The van der Waals surface area contributed by atoms with Crippen molar-refractivity contribution >= 4 is 27.7 Å². The van der Waals surface area contributed by atoms with E-state index in [0.717, 1.165) is 27.0 Å². The Morgan fingerprint density at radius 3 is 2.61 bits per heavy atom. The largest absolute Gasteiger partial charge is 0.271 e. The summed E-state index contributed by atoms with van der Waals surface area (Å²) < 4.78 is 2.49. The maximum atomic E-state index is 12.2. The first-order valence-corrected chi connectivity index (χ1v) is 9.16. The monoisotopic (exact) mass is 386 g/mol. The van der Waals surface area contributed by atoms with Crippen LogP contribution in [0.3, 0.4) is 0 Å².